The molecule has 0 N–H and O–H groups in total. The van der Waals surface area contributed by atoms with E-state index >= 15 is 0 Å². The van der Waals surface area contributed by atoms with Crippen LogP contribution >= 0.6 is 0 Å². The molecular formula is C23H30N2O3S. The maximum atomic E-state index is 13.2. The molecule has 1 heterocycles. The number of benzene rings is 2. The van der Waals surface area contributed by atoms with E-state index in [9.17, 15) is 13.2 Å². The summed E-state index contributed by atoms with van der Waals surface area (Å²) in [6, 6.07) is 16.3. The first-order chi connectivity index (χ1) is 13.9. The molecule has 0 aliphatic carbocycles. The molecule has 5 nitrogen and oxygen atoms in total. The van der Waals surface area contributed by atoms with E-state index < -0.39 is 10.0 Å². The minimum Gasteiger partial charge on any atom is -0.334 e. The molecule has 6 heteroatoms. The van der Waals surface area contributed by atoms with E-state index in [1.807, 2.05) is 44.2 Å². The molecule has 3 rings (SSSR count). The van der Waals surface area contributed by atoms with Crippen LogP contribution in [0.3, 0.4) is 0 Å². The Kier molecular flexibility index (Phi) is 7.09. The normalized spacial score (nSPS) is 17.8. The summed E-state index contributed by atoms with van der Waals surface area (Å²) in [5.74, 6) is -0.139. The summed E-state index contributed by atoms with van der Waals surface area (Å²) in [5.41, 5.74) is 1.47. The fourth-order valence-electron chi connectivity index (χ4n) is 3.86. The van der Waals surface area contributed by atoms with Crippen molar-refractivity contribution >= 4 is 15.9 Å². The van der Waals surface area contributed by atoms with Crippen molar-refractivity contribution in [3.8, 4) is 0 Å². The first-order valence-corrected chi connectivity index (χ1v) is 11.8. The van der Waals surface area contributed by atoms with Crippen LogP contribution in [0.1, 0.15) is 55.5 Å². The summed E-state index contributed by atoms with van der Waals surface area (Å²) < 4.78 is 27.9. The molecule has 2 aromatic carbocycles. The van der Waals surface area contributed by atoms with Crippen LogP contribution in [-0.2, 0) is 16.6 Å². The zero-order valence-electron chi connectivity index (χ0n) is 17.3. The summed E-state index contributed by atoms with van der Waals surface area (Å²) in [4.78, 5) is 15.2. The van der Waals surface area contributed by atoms with E-state index in [0.717, 1.165) is 31.2 Å². The predicted octanol–water partition coefficient (Wildman–Crippen LogP) is 4.30. The highest BCUT2D eigenvalue weighted by Crippen LogP contribution is 2.26. The van der Waals surface area contributed by atoms with Crippen LogP contribution in [0.25, 0.3) is 0 Å². The van der Waals surface area contributed by atoms with Crippen molar-refractivity contribution in [1.82, 2.24) is 9.21 Å². The molecule has 1 aliphatic heterocycles. The number of hydrogen-bond acceptors (Lipinski definition) is 3. The number of piperidine rings is 1. The van der Waals surface area contributed by atoms with Crippen LogP contribution in [0.2, 0.25) is 0 Å². The Labute approximate surface area is 174 Å². The maximum absolute atomic E-state index is 13.2. The second kappa shape index (κ2) is 9.55. The Morgan fingerprint density at radius 2 is 1.86 bits per heavy atom. The standard InChI is InChI=1S/C23H30N2O3S/c1-3-15-24(18-20-11-5-4-6-12-20)23(26)21-13-9-14-22(17-21)29(27,28)25-16-8-7-10-19(25)2/h4-6,9,11-14,17,19H,3,7-8,10,15-16,18H2,1-2H3. The molecule has 1 fully saturated rings. The third-order valence-corrected chi connectivity index (χ3v) is 7.44. The van der Waals surface area contributed by atoms with E-state index in [-0.39, 0.29) is 16.8 Å². The highest BCUT2D eigenvalue weighted by molar-refractivity contribution is 7.89. The van der Waals surface area contributed by atoms with Crippen molar-refractivity contribution in [1.29, 1.82) is 0 Å². The average molecular weight is 415 g/mol. The maximum Gasteiger partial charge on any atom is 0.254 e. The van der Waals surface area contributed by atoms with E-state index in [4.69, 9.17) is 0 Å². The third kappa shape index (κ3) is 5.06. The van der Waals surface area contributed by atoms with Crippen LogP contribution < -0.4 is 0 Å². The van der Waals surface area contributed by atoms with Gasteiger partial charge in [0.25, 0.3) is 5.91 Å². The first kappa shape index (κ1) is 21.5. The van der Waals surface area contributed by atoms with Crippen molar-refractivity contribution in [2.45, 2.75) is 57.0 Å². The van der Waals surface area contributed by atoms with Crippen LogP contribution in [0, 0.1) is 0 Å². The van der Waals surface area contributed by atoms with Gasteiger partial charge in [0, 0.05) is 31.2 Å². The largest absolute Gasteiger partial charge is 0.334 e. The van der Waals surface area contributed by atoms with Gasteiger partial charge in [0.05, 0.1) is 4.90 Å². The lowest BCUT2D eigenvalue weighted by molar-refractivity contribution is 0.0743. The van der Waals surface area contributed by atoms with Crippen molar-refractivity contribution in [2.75, 3.05) is 13.1 Å². The summed E-state index contributed by atoms with van der Waals surface area (Å²) in [7, 11) is -3.60. The lowest BCUT2D eigenvalue weighted by Crippen LogP contribution is -2.42. The fourth-order valence-corrected chi connectivity index (χ4v) is 5.61. The Balaban J connectivity index is 1.85. The quantitative estimate of drug-likeness (QED) is 0.679. The molecule has 0 spiro atoms. The molecule has 2 aromatic rings. The van der Waals surface area contributed by atoms with Crippen molar-refractivity contribution in [3.63, 3.8) is 0 Å². The lowest BCUT2D eigenvalue weighted by Gasteiger charge is -2.32. The average Bonchev–Trinajstić information content (AvgIpc) is 2.74. The topological polar surface area (TPSA) is 57.7 Å². The Bertz CT molecular complexity index is 928. The molecule has 156 valence electrons. The highest BCUT2D eigenvalue weighted by atomic mass is 32.2. The molecule has 1 aliphatic rings. The zero-order chi connectivity index (χ0) is 20.9. The van der Waals surface area contributed by atoms with Crippen LogP contribution in [0.15, 0.2) is 59.5 Å². The Hall–Kier alpha value is -2.18. The molecule has 29 heavy (non-hydrogen) atoms. The van der Waals surface area contributed by atoms with Crippen LogP contribution in [0.5, 0.6) is 0 Å². The van der Waals surface area contributed by atoms with Gasteiger partial charge in [-0.15, -0.1) is 0 Å². The Morgan fingerprint density at radius 1 is 1.10 bits per heavy atom. The number of nitrogens with zero attached hydrogens (tertiary/aromatic N) is 2. The van der Waals surface area contributed by atoms with Gasteiger partial charge in [-0.2, -0.15) is 4.31 Å². The summed E-state index contributed by atoms with van der Waals surface area (Å²) >= 11 is 0. The summed E-state index contributed by atoms with van der Waals surface area (Å²) in [6.45, 7) is 5.65. The minimum atomic E-state index is -3.60. The van der Waals surface area contributed by atoms with E-state index in [0.29, 0.717) is 25.2 Å². The molecule has 1 atom stereocenters. The van der Waals surface area contributed by atoms with Crippen molar-refractivity contribution in [2.24, 2.45) is 0 Å². The summed E-state index contributed by atoms with van der Waals surface area (Å²) in [5, 5.41) is 0. The van der Waals surface area contributed by atoms with Crippen LogP contribution in [0.4, 0.5) is 0 Å². The van der Waals surface area contributed by atoms with Gasteiger partial charge in [0.2, 0.25) is 10.0 Å². The number of rotatable bonds is 7. The molecule has 1 unspecified atom stereocenters. The van der Waals surface area contributed by atoms with Gasteiger partial charge in [-0.05, 0) is 49.9 Å². The molecule has 0 radical (unpaired) electrons. The minimum absolute atomic E-state index is 0.0113. The lowest BCUT2D eigenvalue weighted by atomic mass is 10.1. The molecule has 0 saturated carbocycles. The van der Waals surface area contributed by atoms with E-state index in [1.54, 1.807) is 27.4 Å². The molecule has 1 saturated heterocycles. The van der Waals surface area contributed by atoms with Gasteiger partial charge in [0.15, 0.2) is 0 Å². The number of sulfonamides is 1. The number of amides is 1. The molecular weight excluding hydrogens is 384 g/mol. The van der Waals surface area contributed by atoms with Gasteiger partial charge >= 0.3 is 0 Å². The Morgan fingerprint density at radius 3 is 2.55 bits per heavy atom. The van der Waals surface area contributed by atoms with E-state index in [1.165, 1.54) is 6.07 Å². The van der Waals surface area contributed by atoms with Gasteiger partial charge < -0.3 is 4.90 Å². The molecule has 0 aromatic heterocycles. The first-order valence-electron chi connectivity index (χ1n) is 10.4. The van der Waals surface area contributed by atoms with Crippen molar-refractivity contribution < 1.29 is 13.2 Å². The predicted molar refractivity (Wildman–Crippen MR) is 115 cm³/mol. The number of carbonyl (C=O) groups excluding carboxylic acids is 1. The zero-order valence-corrected chi connectivity index (χ0v) is 18.1. The second-order valence-corrected chi connectivity index (χ2v) is 9.59. The van der Waals surface area contributed by atoms with E-state index in [2.05, 4.69) is 0 Å². The van der Waals surface area contributed by atoms with Gasteiger partial charge in [-0.25, -0.2) is 8.42 Å². The highest BCUT2D eigenvalue weighted by Gasteiger charge is 2.31. The van der Waals surface area contributed by atoms with Gasteiger partial charge in [0.1, 0.15) is 0 Å². The number of hydrogen-bond donors (Lipinski definition) is 0. The van der Waals surface area contributed by atoms with Crippen LogP contribution in [-0.4, -0.2) is 42.7 Å². The molecule has 0 bridgehead atoms. The monoisotopic (exact) mass is 414 g/mol. The molecule has 1 amide bonds. The summed E-state index contributed by atoms with van der Waals surface area (Å²) in [6.07, 6.45) is 3.64. The third-order valence-electron chi connectivity index (χ3n) is 5.43. The SMILES string of the molecule is CCCN(Cc1ccccc1)C(=O)c1cccc(S(=O)(=O)N2CCCCC2C)c1. The second-order valence-electron chi connectivity index (χ2n) is 7.70. The van der Waals surface area contributed by atoms with Gasteiger partial charge in [-0.3, -0.25) is 4.79 Å². The van der Waals surface area contributed by atoms with Gasteiger partial charge in [-0.1, -0.05) is 49.7 Å². The number of carbonyl (C=O) groups is 1. The smallest absolute Gasteiger partial charge is 0.254 e. The fraction of sp³-hybridized carbons (Fsp3) is 0.435. The van der Waals surface area contributed by atoms with Crippen molar-refractivity contribution in [3.05, 3.63) is 65.7 Å².